The lowest BCUT2D eigenvalue weighted by Crippen LogP contribution is -1.97. The highest BCUT2D eigenvalue weighted by Gasteiger charge is 2.15. The second kappa shape index (κ2) is 6.65. The second-order valence-corrected chi connectivity index (χ2v) is 6.13. The molecule has 2 rings (SSSR count). The maximum atomic E-state index is 6.59. The summed E-state index contributed by atoms with van der Waals surface area (Å²) in [5, 5.41) is 0.562. The first kappa shape index (κ1) is 15.4. The summed E-state index contributed by atoms with van der Waals surface area (Å²) in [6.07, 6.45) is 1.15. The van der Waals surface area contributed by atoms with Crippen LogP contribution in [0.1, 0.15) is 53.8 Å². The van der Waals surface area contributed by atoms with Gasteiger partial charge in [0.2, 0.25) is 0 Å². The van der Waals surface area contributed by atoms with Gasteiger partial charge >= 0.3 is 0 Å². The van der Waals surface area contributed by atoms with E-state index in [0.29, 0.717) is 5.92 Å². The van der Waals surface area contributed by atoms with E-state index in [2.05, 4.69) is 38.1 Å². The Hall–Kier alpha value is -0.980. The molecular weight excluding hydrogens is 287 g/mol. The number of aryl methyl sites for hydroxylation is 1. The first-order valence-electron chi connectivity index (χ1n) is 7.03. The fraction of sp³-hybridized carbons (Fsp3) is 0.333. The van der Waals surface area contributed by atoms with Gasteiger partial charge in [0, 0.05) is 5.02 Å². The van der Waals surface area contributed by atoms with Crippen molar-refractivity contribution in [3.05, 3.63) is 69.7 Å². The minimum atomic E-state index is -0.201. The summed E-state index contributed by atoms with van der Waals surface area (Å²) < 4.78 is 0. The third kappa shape index (κ3) is 3.19. The minimum Gasteiger partial charge on any atom is -0.113 e. The lowest BCUT2D eigenvalue weighted by Gasteiger charge is -2.15. The van der Waals surface area contributed by atoms with E-state index in [1.807, 2.05) is 25.1 Å². The molecule has 2 aromatic carbocycles. The van der Waals surface area contributed by atoms with Gasteiger partial charge in [-0.2, -0.15) is 0 Å². The van der Waals surface area contributed by atoms with E-state index in [1.54, 1.807) is 0 Å². The number of halogens is 2. The maximum Gasteiger partial charge on any atom is 0.0849 e. The Morgan fingerprint density at radius 1 is 1.00 bits per heavy atom. The van der Waals surface area contributed by atoms with Gasteiger partial charge in [0.1, 0.15) is 0 Å². The molecule has 0 aliphatic carbocycles. The van der Waals surface area contributed by atoms with E-state index >= 15 is 0 Å². The zero-order valence-electron chi connectivity index (χ0n) is 12.2. The Morgan fingerprint density at radius 3 is 2.20 bits per heavy atom. The first-order valence-corrected chi connectivity index (χ1v) is 7.85. The van der Waals surface area contributed by atoms with Crippen LogP contribution in [0, 0.1) is 6.92 Å². The van der Waals surface area contributed by atoms with Crippen molar-refractivity contribution in [2.75, 3.05) is 0 Å². The summed E-state index contributed by atoms with van der Waals surface area (Å²) in [4.78, 5) is 0. The molecule has 0 spiro atoms. The largest absolute Gasteiger partial charge is 0.113 e. The Bertz CT molecular complexity index is 572. The minimum absolute atomic E-state index is 0.201. The summed E-state index contributed by atoms with van der Waals surface area (Å²) >= 11 is 12.9. The van der Waals surface area contributed by atoms with Crippen molar-refractivity contribution < 1.29 is 0 Å². The zero-order chi connectivity index (χ0) is 14.7. The van der Waals surface area contributed by atoms with E-state index in [-0.39, 0.29) is 5.38 Å². The predicted octanol–water partition coefficient (Wildman–Crippen LogP) is 6.49. The third-order valence-corrected chi connectivity index (χ3v) is 4.91. The van der Waals surface area contributed by atoms with Gasteiger partial charge in [-0.05, 0) is 41.5 Å². The van der Waals surface area contributed by atoms with Gasteiger partial charge in [-0.25, -0.2) is 0 Å². The molecular formula is C18H20Cl2. The summed E-state index contributed by atoms with van der Waals surface area (Å²) in [5.74, 6) is 0.584. The molecule has 2 atom stereocenters. The molecule has 106 valence electrons. The molecule has 20 heavy (non-hydrogen) atoms. The van der Waals surface area contributed by atoms with Crippen LogP contribution in [0.5, 0.6) is 0 Å². The topological polar surface area (TPSA) is 0 Å². The normalized spacial score (nSPS) is 14.1. The molecule has 2 heteroatoms. The van der Waals surface area contributed by atoms with Gasteiger partial charge in [0.05, 0.1) is 5.38 Å². The van der Waals surface area contributed by atoms with Crippen LogP contribution in [-0.4, -0.2) is 0 Å². The molecule has 0 aliphatic rings. The van der Waals surface area contributed by atoms with Gasteiger partial charge in [-0.1, -0.05) is 67.9 Å². The summed E-state index contributed by atoms with van der Waals surface area (Å²) in [6, 6.07) is 14.6. The predicted molar refractivity (Wildman–Crippen MR) is 89.0 cm³/mol. The highest BCUT2D eigenvalue weighted by atomic mass is 35.5. The van der Waals surface area contributed by atoms with Crippen molar-refractivity contribution in [3.63, 3.8) is 0 Å². The van der Waals surface area contributed by atoms with E-state index in [9.17, 15) is 0 Å². The Morgan fingerprint density at radius 2 is 1.60 bits per heavy atom. The highest BCUT2D eigenvalue weighted by Crippen LogP contribution is 2.35. The summed E-state index contributed by atoms with van der Waals surface area (Å²) in [5.41, 5.74) is 4.48. The van der Waals surface area contributed by atoms with Gasteiger partial charge in [0.25, 0.3) is 0 Å². The fourth-order valence-electron chi connectivity index (χ4n) is 2.27. The van der Waals surface area contributed by atoms with Gasteiger partial charge in [-0.15, -0.1) is 11.6 Å². The second-order valence-electron chi connectivity index (χ2n) is 5.32. The molecule has 0 aromatic heterocycles. The van der Waals surface area contributed by atoms with E-state index in [0.717, 1.165) is 28.1 Å². The molecule has 2 unspecified atom stereocenters. The fourth-order valence-corrected chi connectivity index (χ4v) is 2.89. The van der Waals surface area contributed by atoms with Crippen LogP contribution in [0.25, 0.3) is 0 Å². The molecule has 0 aliphatic heterocycles. The molecule has 0 amide bonds. The number of hydrogen-bond acceptors (Lipinski definition) is 0. The molecule has 2 aromatic rings. The lowest BCUT2D eigenvalue weighted by atomic mass is 9.95. The molecule has 0 radical (unpaired) electrons. The average molecular weight is 307 g/mol. The highest BCUT2D eigenvalue weighted by molar-refractivity contribution is 6.33. The number of hydrogen-bond donors (Lipinski definition) is 0. The zero-order valence-corrected chi connectivity index (χ0v) is 13.7. The van der Waals surface area contributed by atoms with E-state index in [1.165, 1.54) is 5.56 Å². The van der Waals surface area contributed by atoms with Crippen LogP contribution >= 0.6 is 23.2 Å². The monoisotopic (exact) mass is 306 g/mol. The molecule has 0 saturated heterocycles. The smallest absolute Gasteiger partial charge is 0.0849 e. The van der Waals surface area contributed by atoms with Crippen molar-refractivity contribution in [2.45, 2.75) is 38.5 Å². The number of benzene rings is 2. The lowest BCUT2D eigenvalue weighted by molar-refractivity contribution is 0.733. The van der Waals surface area contributed by atoms with Crippen molar-refractivity contribution in [1.82, 2.24) is 0 Å². The molecule has 0 nitrogen and oxygen atoms in total. The SMILES string of the molecule is CCC(C)c1ccc(C(Cl)c2cccc(C)c2Cl)cc1. The van der Waals surface area contributed by atoms with Gasteiger partial charge in [0.15, 0.2) is 0 Å². The van der Waals surface area contributed by atoms with Gasteiger partial charge in [-0.3, -0.25) is 0 Å². The molecule has 0 N–H and O–H groups in total. The van der Waals surface area contributed by atoms with E-state index < -0.39 is 0 Å². The van der Waals surface area contributed by atoms with Crippen LogP contribution < -0.4 is 0 Å². The number of alkyl halides is 1. The van der Waals surface area contributed by atoms with Crippen molar-refractivity contribution >= 4 is 23.2 Å². The first-order chi connectivity index (χ1) is 9.54. The van der Waals surface area contributed by atoms with Crippen LogP contribution in [0.3, 0.4) is 0 Å². The van der Waals surface area contributed by atoms with Crippen molar-refractivity contribution in [1.29, 1.82) is 0 Å². The van der Waals surface area contributed by atoms with Crippen LogP contribution in [0.2, 0.25) is 5.02 Å². The average Bonchev–Trinajstić information content (AvgIpc) is 2.48. The Labute approximate surface area is 131 Å². The summed E-state index contributed by atoms with van der Waals surface area (Å²) in [6.45, 7) is 6.45. The quantitative estimate of drug-likeness (QED) is 0.566. The standard InChI is InChI=1S/C18H20Cl2/c1-4-12(2)14-8-10-15(11-9-14)18(20)16-7-5-6-13(3)17(16)19/h5-12,18H,4H2,1-3H3. The Balaban J connectivity index is 2.29. The van der Waals surface area contributed by atoms with Crippen molar-refractivity contribution in [2.24, 2.45) is 0 Å². The van der Waals surface area contributed by atoms with E-state index in [4.69, 9.17) is 23.2 Å². The molecule has 0 heterocycles. The third-order valence-electron chi connectivity index (χ3n) is 3.91. The molecule has 0 bridgehead atoms. The van der Waals surface area contributed by atoms with Crippen molar-refractivity contribution in [3.8, 4) is 0 Å². The molecule has 0 saturated carbocycles. The van der Waals surface area contributed by atoms with Crippen LogP contribution in [0.4, 0.5) is 0 Å². The maximum absolute atomic E-state index is 6.59. The van der Waals surface area contributed by atoms with Crippen LogP contribution in [0.15, 0.2) is 42.5 Å². The Kier molecular flexibility index (Phi) is 5.12. The summed E-state index contributed by atoms with van der Waals surface area (Å²) in [7, 11) is 0. The molecule has 0 fully saturated rings. The number of rotatable bonds is 4. The van der Waals surface area contributed by atoms with Crippen LogP contribution in [-0.2, 0) is 0 Å². The van der Waals surface area contributed by atoms with Gasteiger partial charge < -0.3 is 0 Å².